The Morgan fingerprint density at radius 2 is 1.67 bits per heavy atom. The minimum atomic E-state index is -0.254. The van der Waals surface area contributed by atoms with E-state index < -0.39 is 0 Å². The average Bonchev–Trinajstić information content (AvgIpc) is 3.22. The normalized spacial score (nSPS) is 16.4. The number of hydrogen-bond donors (Lipinski definition) is 1. The minimum absolute atomic E-state index is 0.0295. The molecule has 6 heteroatoms. The topological polar surface area (TPSA) is 65.8 Å². The van der Waals surface area contributed by atoms with E-state index in [0.29, 0.717) is 37.9 Å². The van der Waals surface area contributed by atoms with Crippen molar-refractivity contribution in [2.75, 3.05) is 31.5 Å². The first-order chi connectivity index (χ1) is 13.0. The first-order valence-corrected chi connectivity index (χ1v) is 9.43. The molecular formula is C21H27N3O3. The molecule has 0 spiro atoms. The van der Waals surface area contributed by atoms with E-state index in [1.165, 1.54) is 11.8 Å². The number of carbonyl (C=O) groups is 2. The zero-order valence-electron chi connectivity index (χ0n) is 16.1. The molecule has 2 amide bonds. The first-order valence-electron chi connectivity index (χ1n) is 9.43. The van der Waals surface area contributed by atoms with Crippen LogP contribution in [0.25, 0.3) is 0 Å². The fraction of sp³-hybridized carbons (Fsp3) is 0.429. The molecule has 1 aliphatic rings. The molecule has 1 aromatic carbocycles. The van der Waals surface area contributed by atoms with Gasteiger partial charge in [-0.25, -0.2) is 0 Å². The summed E-state index contributed by atoms with van der Waals surface area (Å²) in [6.45, 7) is 8.68. The van der Waals surface area contributed by atoms with Gasteiger partial charge in [-0.3, -0.25) is 14.5 Å². The summed E-state index contributed by atoms with van der Waals surface area (Å²) in [6.07, 6.45) is 1.50. The van der Waals surface area contributed by atoms with Gasteiger partial charge >= 0.3 is 0 Å². The zero-order chi connectivity index (χ0) is 19.4. The van der Waals surface area contributed by atoms with Crippen LogP contribution in [-0.2, 0) is 4.79 Å². The van der Waals surface area contributed by atoms with Crippen molar-refractivity contribution < 1.29 is 14.0 Å². The van der Waals surface area contributed by atoms with Crippen molar-refractivity contribution >= 4 is 17.5 Å². The third kappa shape index (κ3) is 4.57. The van der Waals surface area contributed by atoms with Gasteiger partial charge in [0.05, 0.1) is 12.3 Å². The molecule has 6 nitrogen and oxygen atoms in total. The summed E-state index contributed by atoms with van der Waals surface area (Å²) >= 11 is 0. The number of hydrogen-bond acceptors (Lipinski definition) is 4. The summed E-state index contributed by atoms with van der Waals surface area (Å²) in [7, 11) is 0. The SMILES string of the molecule is CC(C)c1ccc(NC(=O)[C@@H](C)N2CCN(C(=O)c3ccco3)CC2)cc1. The lowest BCUT2D eigenvalue weighted by Gasteiger charge is -2.37. The van der Waals surface area contributed by atoms with Crippen LogP contribution in [-0.4, -0.2) is 53.8 Å². The summed E-state index contributed by atoms with van der Waals surface area (Å²) in [5.41, 5.74) is 2.06. The molecule has 0 bridgehead atoms. The minimum Gasteiger partial charge on any atom is -0.459 e. The second kappa shape index (κ2) is 8.39. The molecule has 0 radical (unpaired) electrons. The molecule has 1 aliphatic heterocycles. The summed E-state index contributed by atoms with van der Waals surface area (Å²) < 4.78 is 5.18. The molecule has 2 heterocycles. The van der Waals surface area contributed by atoms with Gasteiger partial charge in [-0.2, -0.15) is 0 Å². The molecule has 0 aliphatic carbocycles. The number of rotatable bonds is 5. The fourth-order valence-corrected chi connectivity index (χ4v) is 3.23. The second-order valence-corrected chi connectivity index (χ2v) is 7.25. The molecule has 1 atom stereocenters. The predicted molar refractivity (Wildman–Crippen MR) is 105 cm³/mol. The summed E-state index contributed by atoms with van der Waals surface area (Å²) in [4.78, 5) is 28.8. The second-order valence-electron chi connectivity index (χ2n) is 7.25. The van der Waals surface area contributed by atoms with Crippen LogP contribution in [0.15, 0.2) is 47.1 Å². The van der Waals surface area contributed by atoms with Crippen LogP contribution in [0.4, 0.5) is 5.69 Å². The van der Waals surface area contributed by atoms with E-state index in [1.54, 1.807) is 17.0 Å². The monoisotopic (exact) mass is 369 g/mol. The first kappa shape index (κ1) is 19.2. The number of nitrogens with zero attached hydrogens (tertiary/aromatic N) is 2. The van der Waals surface area contributed by atoms with Crippen molar-refractivity contribution in [2.45, 2.75) is 32.7 Å². The summed E-state index contributed by atoms with van der Waals surface area (Å²) in [5, 5.41) is 2.99. The van der Waals surface area contributed by atoms with Crippen LogP contribution in [0.1, 0.15) is 42.8 Å². The number of anilines is 1. The Kier molecular flexibility index (Phi) is 5.96. The highest BCUT2D eigenvalue weighted by Crippen LogP contribution is 2.18. The van der Waals surface area contributed by atoms with Gasteiger partial charge in [-0.15, -0.1) is 0 Å². The molecule has 1 saturated heterocycles. The van der Waals surface area contributed by atoms with Gasteiger partial charge in [-0.1, -0.05) is 26.0 Å². The third-order valence-corrected chi connectivity index (χ3v) is 5.11. The highest BCUT2D eigenvalue weighted by atomic mass is 16.3. The molecule has 1 N–H and O–H groups in total. The maximum absolute atomic E-state index is 12.6. The average molecular weight is 369 g/mol. The number of benzene rings is 1. The molecule has 2 aromatic rings. The number of furan rings is 1. The Labute approximate surface area is 160 Å². The Morgan fingerprint density at radius 1 is 1.00 bits per heavy atom. The van der Waals surface area contributed by atoms with Crippen LogP contribution < -0.4 is 5.32 Å². The fourth-order valence-electron chi connectivity index (χ4n) is 3.23. The van der Waals surface area contributed by atoms with Crippen LogP contribution in [0, 0.1) is 0 Å². The molecule has 144 valence electrons. The molecule has 1 aromatic heterocycles. The van der Waals surface area contributed by atoms with E-state index >= 15 is 0 Å². The maximum Gasteiger partial charge on any atom is 0.289 e. The quantitative estimate of drug-likeness (QED) is 0.879. The molecule has 0 unspecified atom stereocenters. The van der Waals surface area contributed by atoms with E-state index in [-0.39, 0.29) is 17.9 Å². The Bertz CT molecular complexity index is 760. The third-order valence-electron chi connectivity index (χ3n) is 5.11. The molecule has 3 rings (SSSR count). The highest BCUT2D eigenvalue weighted by Gasteiger charge is 2.28. The lowest BCUT2D eigenvalue weighted by atomic mass is 10.0. The lowest BCUT2D eigenvalue weighted by Crippen LogP contribution is -2.54. The van der Waals surface area contributed by atoms with Crippen LogP contribution >= 0.6 is 0 Å². The Balaban J connectivity index is 1.51. The van der Waals surface area contributed by atoms with Crippen LogP contribution in [0.5, 0.6) is 0 Å². The van der Waals surface area contributed by atoms with Gasteiger partial charge in [0.15, 0.2) is 5.76 Å². The van der Waals surface area contributed by atoms with Gasteiger partial charge in [0.2, 0.25) is 5.91 Å². The van der Waals surface area contributed by atoms with Crippen molar-refractivity contribution in [2.24, 2.45) is 0 Å². The smallest absolute Gasteiger partial charge is 0.289 e. The van der Waals surface area contributed by atoms with E-state index in [0.717, 1.165) is 5.69 Å². The van der Waals surface area contributed by atoms with Crippen LogP contribution in [0.2, 0.25) is 0 Å². The number of carbonyl (C=O) groups excluding carboxylic acids is 2. The van der Waals surface area contributed by atoms with Crippen LogP contribution in [0.3, 0.4) is 0 Å². The van der Waals surface area contributed by atoms with Crippen molar-refractivity contribution in [3.05, 3.63) is 54.0 Å². The van der Waals surface area contributed by atoms with E-state index in [1.807, 2.05) is 31.2 Å². The molecule has 0 saturated carbocycles. The Morgan fingerprint density at radius 3 is 2.22 bits per heavy atom. The number of nitrogens with one attached hydrogen (secondary N) is 1. The van der Waals surface area contributed by atoms with Gasteiger partial charge in [-0.05, 0) is 42.7 Å². The van der Waals surface area contributed by atoms with E-state index in [9.17, 15) is 9.59 Å². The van der Waals surface area contributed by atoms with Gasteiger partial charge in [0.25, 0.3) is 5.91 Å². The van der Waals surface area contributed by atoms with Gasteiger partial charge in [0.1, 0.15) is 0 Å². The number of piperazine rings is 1. The largest absolute Gasteiger partial charge is 0.459 e. The van der Waals surface area contributed by atoms with E-state index in [2.05, 4.69) is 24.1 Å². The van der Waals surface area contributed by atoms with Crippen molar-refractivity contribution in [1.29, 1.82) is 0 Å². The molecule has 1 fully saturated rings. The lowest BCUT2D eigenvalue weighted by molar-refractivity contribution is -0.121. The molecular weight excluding hydrogens is 342 g/mol. The summed E-state index contributed by atoms with van der Waals surface area (Å²) in [6, 6.07) is 11.1. The Hall–Kier alpha value is -2.60. The maximum atomic E-state index is 12.6. The molecule has 27 heavy (non-hydrogen) atoms. The number of amides is 2. The van der Waals surface area contributed by atoms with E-state index in [4.69, 9.17) is 4.42 Å². The van der Waals surface area contributed by atoms with Gasteiger partial charge in [0, 0.05) is 31.9 Å². The summed E-state index contributed by atoms with van der Waals surface area (Å²) in [5.74, 6) is 0.702. The highest BCUT2D eigenvalue weighted by molar-refractivity contribution is 5.94. The predicted octanol–water partition coefficient (Wildman–Crippen LogP) is 3.19. The van der Waals surface area contributed by atoms with Crippen molar-refractivity contribution in [3.63, 3.8) is 0 Å². The zero-order valence-corrected chi connectivity index (χ0v) is 16.1. The van der Waals surface area contributed by atoms with Crippen molar-refractivity contribution in [1.82, 2.24) is 9.80 Å². The van der Waals surface area contributed by atoms with Gasteiger partial charge < -0.3 is 14.6 Å². The van der Waals surface area contributed by atoms with Crippen molar-refractivity contribution in [3.8, 4) is 0 Å². The standard InChI is InChI=1S/C21H27N3O3/c1-15(2)17-6-8-18(9-7-17)22-20(25)16(3)23-10-12-24(13-11-23)21(26)19-5-4-14-27-19/h4-9,14-16H,10-13H2,1-3H3,(H,22,25)/t16-/m1/s1.